The summed E-state index contributed by atoms with van der Waals surface area (Å²) in [6, 6.07) is 0.345. The Labute approximate surface area is 178 Å². The van der Waals surface area contributed by atoms with Crippen molar-refractivity contribution in [2.24, 2.45) is 11.6 Å². The smallest absolute Gasteiger partial charge is 0.312 e. The number of amides is 2. The first-order valence-corrected chi connectivity index (χ1v) is 8.72. The van der Waals surface area contributed by atoms with E-state index >= 15 is 0 Å². The molecule has 1 saturated carbocycles. The van der Waals surface area contributed by atoms with Gasteiger partial charge in [-0.25, -0.2) is 4.79 Å². The van der Waals surface area contributed by atoms with Crippen LogP contribution in [0.15, 0.2) is 18.2 Å². The van der Waals surface area contributed by atoms with Crippen LogP contribution >= 0.6 is 11.6 Å². The van der Waals surface area contributed by atoms with Crippen LogP contribution in [0.5, 0.6) is 0 Å². The van der Waals surface area contributed by atoms with Gasteiger partial charge in [0, 0.05) is 47.3 Å². The van der Waals surface area contributed by atoms with E-state index in [0.29, 0.717) is 18.1 Å². The number of nitrogens with one attached hydrogen (secondary N) is 1. The lowest BCUT2D eigenvalue weighted by molar-refractivity contribution is 0.207. The minimum atomic E-state index is -3.71. The Bertz CT molecular complexity index is 1070. The third kappa shape index (κ3) is 5.04. The summed E-state index contributed by atoms with van der Waals surface area (Å²) in [6.07, 6.45) is -16.0. The van der Waals surface area contributed by atoms with Crippen molar-refractivity contribution in [1.29, 1.82) is 0 Å². The predicted octanol–water partition coefficient (Wildman–Crippen LogP) is 3.39. The van der Waals surface area contributed by atoms with E-state index in [1.807, 2.05) is 30.0 Å². The Kier molecular flexibility index (Phi) is 3.15. The molecule has 1 aromatic rings. The second-order valence-electron chi connectivity index (χ2n) is 6.06. The number of anilines is 1. The third-order valence-corrected chi connectivity index (χ3v) is 4.69. The van der Waals surface area contributed by atoms with Crippen LogP contribution in [0.3, 0.4) is 0 Å². The summed E-state index contributed by atoms with van der Waals surface area (Å²) in [5.74, 6) is -3.38. The second kappa shape index (κ2) is 8.96. The van der Waals surface area contributed by atoms with Gasteiger partial charge in [-0.2, -0.15) is 0 Å². The first kappa shape index (κ1) is 9.16. The van der Waals surface area contributed by atoms with Crippen LogP contribution in [0.4, 0.5) is 10.5 Å². The molecule has 26 heavy (non-hydrogen) atoms. The second-order valence-corrected chi connectivity index (χ2v) is 6.44. The summed E-state index contributed by atoms with van der Waals surface area (Å²) in [5, 5.41) is 2.06. The number of aryl methyl sites for hydroxylation is 1. The zero-order valence-electron chi connectivity index (χ0n) is 26.5. The van der Waals surface area contributed by atoms with Gasteiger partial charge in [0.1, 0.15) is 0 Å². The number of rotatable bonds is 5. The SMILES string of the molecule is [2H]C([2H])(CC1([2H])C([2H])([2H])C([2H])([2H])C([2H])(NC(N)=O)C([2H])([2H])C1([2H])[2H])N1CCN(c2cccc(C)c2Cl)CC1. The van der Waals surface area contributed by atoms with E-state index in [9.17, 15) is 4.79 Å². The molecule has 1 aromatic carbocycles. The summed E-state index contributed by atoms with van der Waals surface area (Å²) >= 11 is 6.41. The average molecular weight is 391 g/mol. The summed E-state index contributed by atoms with van der Waals surface area (Å²) in [4.78, 5) is 14.7. The molecule has 1 aliphatic carbocycles. The molecule has 5 nitrogen and oxygen atoms in total. The fraction of sp³-hybridized carbons (Fsp3) is 0.650. The first-order valence-electron chi connectivity index (χ1n) is 14.3. The molecule has 0 unspecified atom stereocenters. The minimum absolute atomic E-state index is 0.0742. The molecule has 0 bridgehead atoms. The van der Waals surface area contributed by atoms with E-state index in [-0.39, 0.29) is 13.1 Å². The number of carbonyl (C=O) groups excluding carboxylic acids is 1. The van der Waals surface area contributed by atoms with Crippen LogP contribution in [0.2, 0.25) is 5.02 Å². The molecule has 1 heterocycles. The maximum atomic E-state index is 11.5. The number of benzene rings is 1. The lowest BCUT2D eigenvalue weighted by atomic mass is 9.84. The number of primary amides is 1. The number of nitrogens with zero attached hydrogens (tertiary/aromatic N) is 2. The maximum absolute atomic E-state index is 11.5. The fourth-order valence-corrected chi connectivity index (χ4v) is 3.03. The van der Waals surface area contributed by atoms with Gasteiger partial charge in [0.05, 0.1) is 12.1 Å². The predicted molar refractivity (Wildman–Crippen MR) is 108 cm³/mol. The Morgan fingerprint density at radius 2 is 2.04 bits per heavy atom. The molecule has 1 saturated heterocycles. The molecule has 3 rings (SSSR count). The number of halogens is 1. The molecule has 0 radical (unpaired) electrons. The Morgan fingerprint density at radius 1 is 1.35 bits per heavy atom. The number of urea groups is 1. The largest absolute Gasteiger partial charge is 0.368 e. The normalized spacial score (nSPS) is 45.2. The molecule has 0 atom stereocenters. The molecule has 2 amide bonds. The zero-order chi connectivity index (χ0) is 29.3. The van der Waals surface area contributed by atoms with E-state index in [0.717, 1.165) is 11.3 Å². The highest BCUT2D eigenvalue weighted by atomic mass is 35.5. The van der Waals surface area contributed by atoms with Crippen molar-refractivity contribution >= 4 is 23.3 Å². The van der Waals surface area contributed by atoms with Crippen LogP contribution in [0.1, 0.15) is 53.9 Å². The summed E-state index contributed by atoms with van der Waals surface area (Å²) in [7, 11) is 0. The molecular formula is C20H31ClN4O. The van der Waals surface area contributed by atoms with Gasteiger partial charge in [0.25, 0.3) is 0 Å². The van der Waals surface area contributed by atoms with Crippen molar-refractivity contribution in [1.82, 2.24) is 10.2 Å². The van der Waals surface area contributed by atoms with Crippen LogP contribution in [0, 0.1) is 12.8 Å². The molecule has 2 fully saturated rings. The van der Waals surface area contributed by atoms with E-state index in [1.165, 1.54) is 10.2 Å². The maximum Gasteiger partial charge on any atom is 0.312 e. The Hall–Kier alpha value is -1.46. The van der Waals surface area contributed by atoms with Crippen LogP contribution in [-0.2, 0) is 0 Å². The van der Waals surface area contributed by atoms with Crippen molar-refractivity contribution in [3.8, 4) is 0 Å². The Balaban J connectivity index is 1.95. The number of piperazine rings is 1. The van der Waals surface area contributed by atoms with Crippen molar-refractivity contribution in [2.75, 3.05) is 37.6 Å². The van der Waals surface area contributed by atoms with Crippen molar-refractivity contribution in [2.45, 2.75) is 44.9 Å². The van der Waals surface area contributed by atoms with Crippen LogP contribution in [0.25, 0.3) is 0 Å². The third-order valence-electron chi connectivity index (χ3n) is 4.20. The van der Waals surface area contributed by atoms with Gasteiger partial charge in [0.15, 0.2) is 0 Å². The van der Waals surface area contributed by atoms with Gasteiger partial charge in [-0.3, -0.25) is 4.90 Å². The fourth-order valence-electron chi connectivity index (χ4n) is 2.78. The van der Waals surface area contributed by atoms with Crippen LogP contribution < -0.4 is 16.0 Å². The quantitative estimate of drug-likeness (QED) is 0.810. The number of hydrogen-bond acceptors (Lipinski definition) is 3. The topological polar surface area (TPSA) is 61.6 Å². The number of carbonyl (C=O) groups is 1. The molecular weight excluding hydrogens is 348 g/mol. The Morgan fingerprint density at radius 3 is 2.69 bits per heavy atom. The number of nitrogens with two attached hydrogens (primary N) is 1. The molecule has 0 spiro atoms. The first-order chi connectivity index (χ1) is 17.0. The van der Waals surface area contributed by atoms with Crippen molar-refractivity contribution in [3.63, 3.8) is 0 Å². The van der Waals surface area contributed by atoms with E-state index < -0.39 is 56.4 Å². The highest BCUT2D eigenvalue weighted by Gasteiger charge is 2.24. The van der Waals surface area contributed by atoms with Crippen molar-refractivity contribution in [3.05, 3.63) is 28.8 Å². The highest BCUT2D eigenvalue weighted by Crippen LogP contribution is 2.30. The number of hydrogen-bond donors (Lipinski definition) is 2. The standard InChI is InChI=1S/C20H31ClN4O/c1-15-3-2-4-18(19(15)21)25-13-11-24(12-14-25)10-9-16-5-7-17(8-6-16)23-20(22)26/h2-4,16-17H,5-14H2,1H3,(H3,22,23,26)/i5D2,6D2,7D2,8D2,10D2,16D,17D. The van der Waals surface area contributed by atoms with E-state index in [2.05, 4.69) is 0 Å². The molecule has 144 valence electrons. The van der Waals surface area contributed by atoms with Gasteiger partial charge in [-0.15, -0.1) is 0 Å². The summed E-state index contributed by atoms with van der Waals surface area (Å²) < 4.78 is 102. The van der Waals surface area contributed by atoms with Gasteiger partial charge >= 0.3 is 6.03 Å². The molecule has 0 aromatic heterocycles. The summed E-state index contributed by atoms with van der Waals surface area (Å²) in [6.45, 7) is 0.0228. The van der Waals surface area contributed by atoms with Gasteiger partial charge < -0.3 is 16.0 Å². The molecule has 1 aliphatic heterocycles. The monoisotopic (exact) mass is 390 g/mol. The van der Waals surface area contributed by atoms with Gasteiger partial charge in [-0.05, 0) is 62.9 Å². The van der Waals surface area contributed by atoms with E-state index in [4.69, 9.17) is 33.8 Å². The lowest BCUT2D eigenvalue weighted by Crippen LogP contribution is -2.47. The molecule has 3 N–H and O–H groups in total. The van der Waals surface area contributed by atoms with Gasteiger partial charge in [-0.1, -0.05) is 23.7 Å². The summed E-state index contributed by atoms with van der Waals surface area (Å²) in [5.41, 5.74) is 6.60. The zero-order valence-corrected chi connectivity index (χ0v) is 15.3. The van der Waals surface area contributed by atoms with Crippen LogP contribution in [-0.4, -0.2) is 49.6 Å². The lowest BCUT2D eigenvalue weighted by Gasteiger charge is -2.37. The van der Waals surface area contributed by atoms with E-state index in [1.54, 1.807) is 0 Å². The highest BCUT2D eigenvalue weighted by molar-refractivity contribution is 6.34. The van der Waals surface area contributed by atoms with Gasteiger partial charge in [0.2, 0.25) is 0 Å². The molecule has 6 heteroatoms. The average Bonchev–Trinajstić information content (AvgIpc) is 2.78. The minimum Gasteiger partial charge on any atom is -0.368 e. The molecule has 2 aliphatic rings. The van der Waals surface area contributed by atoms with Crippen molar-refractivity contribution < 1.29 is 21.2 Å².